The highest BCUT2D eigenvalue weighted by molar-refractivity contribution is 5.91. The number of carbonyl (C=O) groups excluding carboxylic acids is 1. The average Bonchev–Trinajstić information content (AvgIpc) is 2.83. The molecular formula is C13H20N4O2. The van der Waals surface area contributed by atoms with E-state index in [0.29, 0.717) is 6.54 Å². The number of aromatic nitrogens is 2. The lowest BCUT2D eigenvalue weighted by Gasteiger charge is -2.33. The van der Waals surface area contributed by atoms with Gasteiger partial charge in [0.15, 0.2) is 0 Å². The van der Waals surface area contributed by atoms with E-state index in [1.807, 2.05) is 18.1 Å². The van der Waals surface area contributed by atoms with Crippen molar-refractivity contribution in [1.29, 1.82) is 0 Å². The van der Waals surface area contributed by atoms with E-state index in [2.05, 4.69) is 10.00 Å². The fourth-order valence-electron chi connectivity index (χ4n) is 2.13. The Morgan fingerprint density at radius 2 is 2.16 bits per heavy atom. The van der Waals surface area contributed by atoms with Crippen LogP contribution in [0, 0.1) is 0 Å². The molecule has 0 radical (unpaired) electrons. The molecule has 1 amide bonds. The number of β-amino-alcohol motifs (C(OH)–C–C–N with tert-alkyl or cyclic N) is 1. The number of nitrogens with zero attached hydrogens (tertiary/aromatic N) is 4. The normalized spacial score (nSPS) is 17.3. The quantitative estimate of drug-likeness (QED) is 0.750. The van der Waals surface area contributed by atoms with Gasteiger partial charge in [0.25, 0.3) is 0 Å². The lowest BCUT2D eigenvalue weighted by Crippen LogP contribution is -2.48. The Morgan fingerprint density at radius 1 is 1.42 bits per heavy atom. The third-order valence-electron chi connectivity index (χ3n) is 3.24. The van der Waals surface area contributed by atoms with Crippen molar-refractivity contribution in [2.24, 2.45) is 7.05 Å². The van der Waals surface area contributed by atoms with Crippen LogP contribution in [-0.4, -0.2) is 69.9 Å². The van der Waals surface area contributed by atoms with Crippen LogP contribution in [0.4, 0.5) is 0 Å². The first-order chi connectivity index (χ1) is 9.19. The first kappa shape index (κ1) is 13.8. The second-order valence-electron chi connectivity index (χ2n) is 4.67. The van der Waals surface area contributed by atoms with Crippen LogP contribution >= 0.6 is 0 Å². The second-order valence-corrected chi connectivity index (χ2v) is 4.67. The second kappa shape index (κ2) is 6.49. The van der Waals surface area contributed by atoms with Gasteiger partial charge < -0.3 is 10.0 Å². The molecule has 1 N–H and O–H groups in total. The number of aliphatic hydroxyl groups is 1. The highest BCUT2D eigenvalue weighted by Gasteiger charge is 2.18. The Bertz CT molecular complexity index is 447. The smallest absolute Gasteiger partial charge is 0.246 e. The number of hydrogen-bond acceptors (Lipinski definition) is 4. The monoisotopic (exact) mass is 264 g/mol. The van der Waals surface area contributed by atoms with E-state index in [4.69, 9.17) is 5.11 Å². The van der Waals surface area contributed by atoms with Crippen molar-refractivity contribution in [1.82, 2.24) is 19.6 Å². The van der Waals surface area contributed by atoms with Gasteiger partial charge in [0.1, 0.15) is 0 Å². The summed E-state index contributed by atoms with van der Waals surface area (Å²) >= 11 is 0. The number of aliphatic hydroxyl groups excluding tert-OH is 1. The number of piperazine rings is 1. The Balaban J connectivity index is 1.83. The molecule has 0 saturated carbocycles. The number of amides is 1. The minimum atomic E-state index is 0.0347. The zero-order valence-electron chi connectivity index (χ0n) is 11.2. The summed E-state index contributed by atoms with van der Waals surface area (Å²) < 4.78 is 1.71. The van der Waals surface area contributed by atoms with Gasteiger partial charge in [-0.3, -0.25) is 14.4 Å². The third-order valence-corrected chi connectivity index (χ3v) is 3.24. The summed E-state index contributed by atoms with van der Waals surface area (Å²) in [7, 11) is 1.85. The fourth-order valence-corrected chi connectivity index (χ4v) is 2.13. The Labute approximate surface area is 112 Å². The molecule has 1 aliphatic rings. The number of carbonyl (C=O) groups is 1. The predicted molar refractivity (Wildman–Crippen MR) is 72.3 cm³/mol. The van der Waals surface area contributed by atoms with Crippen molar-refractivity contribution in [3.8, 4) is 0 Å². The van der Waals surface area contributed by atoms with Crippen LogP contribution in [0.3, 0.4) is 0 Å². The van der Waals surface area contributed by atoms with Crippen LogP contribution in [-0.2, 0) is 11.8 Å². The Morgan fingerprint density at radius 3 is 2.74 bits per heavy atom. The molecule has 0 aliphatic carbocycles. The third kappa shape index (κ3) is 3.90. The predicted octanol–water partition coefficient (Wildman–Crippen LogP) is -0.430. The van der Waals surface area contributed by atoms with Crippen molar-refractivity contribution < 1.29 is 9.90 Å². The zero-order chi connectivity index (χ0) is 13.7. The van der Waals surface area contributed by atoms with Gasteiger partial charge in [-0.25, -0.2) is 0 Å². The number of rotatable bonds is 4. The largest absolute Gasteiger partial charge is 0.395 e. The van der Waals surface area contributed by atoms with Crippen LogP contribution in [0.1, 0.15) is 5.56 Å². The molecule has 0 atom stereocenters. The molecule has 104 valence electrons. The van der Waals surface area contributed by atoms with Crippen LogP contribution in [0.15, 0.2) is 18.5 Å². The van der Waals surface area contributed by atoms with Gasteiger partial charge in [0.2, 0.25) is 5.91 Å². The molecule has 1 aliphatic heterocycles. The summed E-state index contributed by atoms with van der Waals surface area (Å²) in [4.78, 5) is 16.0. The van der Waals surface area contributed by atoms with Crippen molar-refractivity contribution in [3.63, 3.8) is 0 Å². The topological polar surface area (TPSA) is 61.6 Å². The van der Waals surface area contributed by atoms with E-state index in [-0.39, 0.29) is 12.5 Å². The van der Waals surface area contributed by atoms with E-state index >= 15 is 0 Å². The lowest BCUT2D eigenvalue weighted by molar-refractivity contribution is -0.127. The molecule has 6 nitrogen and oxygen atoms in total. The maximum absolute atomic E-state index is 12.0. The van der Waals surface area contributed by atoms with Gasteiger partial charge in [0.05, 0.1) is 12.8 Å². The van der Waals surface area contributed by atoms with Gasteiger partial charge in [0, 0.05) is 57.6 Å². The summed E-state index contributed by atoms with van der Waals surface area (Å²) in [6.45, 7) is 3.95. The molecule has 1 saturated heterocycles. The van der Waals surface area contributed by atoms with E-state index < -0.39 is 0 Å². The molecule has 2 rings (SSSR count). The first-order valence-corrected chi connectivity index (χ1v) is 6.48. The van der Waals surface area contributed by atoms with Crippen molar-refractivity contribution in [2.75, 3.05) is 39.3 Å². The van der Waals surface area contributed by atoms with E-state index in [1.165, 1.54) is 0 Å². The highest BCUT2D eigenvalue weighted by Crippen LogP contribution is 2.04. The summed E-state index contributed by atoms with van der Waals surface area (Å²) in [5, 5.41) is 12.9. The van der Waals surface area contributed by atoms with Crippen LogP contribution in [0.2, 0.25) is 0 Å². The van der Waals surface area contributed by atoms with Gasteiger partial charge in [-0.2, -0.15) is 5.10 Å². The minimum absolute atomic E-state index is 0.0347. The Hall–Kier alpha value is -1.66. The molecule has 1 aromatic rings. The maximum Gasteiger partial charge on any atom is 0.246 e. The number of aryl methyl sites for hydroxylation is 1. The molecule has 6 heteroatoms. The summed E-state index contributed by atoms with van der Waals surface area (Å²) in [5.41, 5.74) is 0.926. The highest BCUT2D eigenvalue weighted by atomic mass is 16.3. The van der Waals surface area contributed by atoms with E-state index in [0.717, 1.165) is 31.7 Å². The Kier molecular flexibility index (Phi) is 4.70. The van der Waals surface area contributed by atoms with Gasteiger partial charge in [-0.1, -0.05) is 0 Å². The maximum atomic E-state index is 12.0. The van der Waals surface area contributed by atoms with E-state index in [9.17, 15) is 4.79 Å². The number of hydrogen-bond donors (Lipinski definition) is 1. The van der Waals surface area contributed by atoms with Crippen LogP contribution in [0.5, 0.6) is 0 Å². The molecule has 0 bridgehead atoms. The SMILES string of the molecule is Cn1cc(/C=C/C(=O)N2CCN(CCO)CC2)cn1. The molecular weight excluding hydrogens is 244 g/mol. The summed E-state index contributed by atoms with van der Waals surface area (Å²) in [6, 6.07) is 0. The van der Waals surface area contributed by atoms with Gasteiger partial charge in [-0.15, -0.1) is 0 Å². The molecule has 0 spiro atoms. The van der Waals surface area contributed by atoms with Gasteiger partial charge >= 0.3 is 0 Å². The van der Waals surface area contributed by atoms with Crippen molar-refractivity contribution >= 4 is 12.0 Å². The molecule has 0 aromatic carbocycles. The minimum Gasteiger partial charge on any atom is -0.395 e. The standard InChI is InChI=1S/C13H20N4O2/c1-15-11-12(10-14-15)2-3-13(19)17-6-4-16(5-7-17)8-9-18/h2-3,10-11,18H,4-9H2,1H3/b3-2+. The van der Waals surface area contributed by atoms with Crippen LogP contribution in [0.25, 0.3) is 6.08 Å². The summed E-state index contributed by atoms with van der Waals surface area (Å²) in [6.07, 6.45) is 6.97. The molecule has 0 unspecified atom stereocenters. The molecule has 1 aromatic heterocycles. The van der Waals surface area contributed by atoms with Crippen molar-refractivity contribution in [2.45, 2.75) is 0 Å². The molecule has 1 fully saturated rings. The van der Waals surface area contributed by atoms with E-state index in [1.54, 1.807) is 23.0 Å². The van der Waals surface area contributed by atoms with Crippen molar-refractivity contribution in [3.05, 3.63) is 24.0 Å². The summed E-state index contributed by atoms with van der Waals surface area (Å²) in [5.74, 6) is 0.0347. The fraction of sp³-hybridized carbons (Fsp3) is 0.538. The average molecular weight is 264 g/mol. The molecule has 2 heterocycles. The van der Waals surface area contributed by atoms with Crippen LogP contribution < -0.4 is 0 Å². The zero-order valence-corrected chi connectivity index (χ0v) is 11.2. The first-order valence-electron chi connectivity index (χ1n) is 6.48. The lowest BCUT2D eigenvalue weighted by atomic mass is 10.2. The van der Waals surface area contributed by atoms with Gasteiger partial charge in [-0.05, 0) is 6.08 Å². The molecule has 19 heavy (non-hydrogen) atoms.